The molecule has 0 spiro atoms. The second-order valence-electron chi connectivity index (χ2n) is 3.83. The summed E-state index contributed by atoms with van der Waals surface area (Å²) in [4.78, 5) is 20.2. The molecule has 0 radical (unpaired) electrons. The zero-order valence-electron chi connectivity index (χ0n) is 9.85. The number of carbonyl (C=O) groups excluding carboxylic acids is 1. The minimum Gasteiger partial charge on any atom is -0.347 e. The van der Waals surface area contributed by atoms with Gasteiger partial charge >= 0.3 is 6.03 Å². The smallest absolute Gasteiger partial charge is 0.321 e. The average molecular weight is 248 g/mol. The number of urea groups is 1. The molecule has 0 unspecified atom stereocenters. The van der Waals surface area contributed by atoms with Gasteiger partial charge in [0.2, 0.25) is 0 Å². The third kappa shape index (κ3) is 3.07. The summed E-state index contributed by atoms with van der Waals surface area (Å²) in [5.74, 6) is 0.299. The number of aromatic amines is 1. The maximum absolute atomic E-state index is 12.9. The Bertz CT molecular complexity index is 527. The number of halogens is 1. The van der Waals surface area contributed by atoms with Gasteiger partial charge in [-0.15, -0.1) is 0 Å². The predicted molar refractivity (Wildman–Crippen MR) is 65.5 cm³/mol. The van der Waals surface area contributed by atoms with Gasteiger partial charge in [0.05, 0.1) is 6.54 Å². The van der Waals surface area contributed by atoms with E-state index in [2.05, 4.69) is 15.3 Å². The summed E-state index contributed by atoms with van der Waals surface area (Å²) in [5.41, 5.74) is 0.422. The number of anilines is 1. The van der Waals surface area contributed by atoms with Crippen LogP contribution < -0.4 is 5.32 Å². The largest absolute Gasteiger partial charge is 0.347 e. The maximum atomic E-state index is 12.9. The van der Waals surface area contributed by atoms with Gasteiger partial charge in [0.15, 0.2) is 0 Å². The van der Waals surface area contributed by atoms with Crippen LogP contribution in [0.4, 0.5) is 14.9 Å². The van der Waals surface area contributed by atoms with Crippen LogP contribution in [0.1, 0.15) is 5.82 Å². The molecule has 1 aromatic heterocycles. The lowest BCUT2D eigenvalue weighted by molar-refractivity contribution is 0.219. The van der Waals surface area contributed by atoms with Crippen molar-refractivity contribution < 1.29 is 9.18 Å². The first-order valence-electron chi connectivity index (χ1n) is 5.41. The highest BCUT2D eigenvalue weighted by molar-refractivity contribution is 5.88. The Morgan fingerprint density at radius 1 is 1.56 bits per heavy atom. The number of amides is 2. The van der Waals surface area contributed by atoms with Gasteiger partial charge in [-0.25, -0.2) is 14.2 Å². The van der Waals surface area contributed by atoms with Gasteiger partial charge in [0.25, 0.3) is 0 Å². The molecule has 1 aromatic carbocycles. The van der Waals surface area contributed by atoms with Gasteiger partial charge in [-0.2, -0.15) is 0 Å². The van der Waals surface area contributed by atoms with Gasteiger partial charge in [0.1, 0.15) is 11.6 Å². The number of hydrogen-bond donors (Lipinski definition) is 2. The fourth-order valence-corrected chi connectivity index (χ4v) is 1.47. The Hall–Kier alpha value is -2.37. The summed E-state index contributed by atoms with van der Waals surface area (Å²) in [6, 6.07) is 5.43. The highest BCUT2D eigenvalue weighted by Crippen LogP contribution is 2.10. The molecular weight excluding hydrogens is 235 g/mol. The van der Waals surface area contributed by atoms with Crippen LogP contribution in [-0.2, 0) is 6.54 Å². The van der Waals surface area contributed by atoms with Crippen molar-refractivity contribution in [3.63, 3.8) is 0 Å². The predicted octanol–water partition coefficient (Wildman–Crippen LogP) is 2.21. The van der Waals surface area contributed by atoms with Crippen LogP contribution in [0.3, 0.4) is 0 Å². The Kier molecular flexibility index (Phi) is 3.57. The molecule has 18 heavy (non-hydrogen) atoms. The molecule has 6 heteroatoms. The van der Waals surface area contributed by atoms with E-state index in [0.29, 0.717) is 18.1 Å². The van der Waals surface area contributed by atoms with Crippen molar-refractivity contribution in [2.45, 2.75) is 6.54 Å². The Morgan fingerprint density at radius 3 is 3.06 bits per heavy atom. The zero-order chi connectivity index (χ0) is 13.0. The number of imidazole rings is 1. The summed E-state index contributed by atoms with van der Waals surface area (Å²) in [6.45, 7) is 0.355. The number of H-pyrrole nitrogens is 1. The van der Waals surface area contributed by atoms with Crippen LogP contribution in [0.5, 0.6) is 0 Å². The monoisotopic (exact) mass is 248 g/mol. The standard InChI is InChI=1S/C12H13FN4O/c1-17(8-11-14-5-6-15-11)12(18)16-10-4-2-3-9(13)7-10/h2-7H,8H2,1H3,(H,14,15)(H,16,18). The van der Waals surface area contributed by atoms with Crippen molar-refractivity contribution in [2.24, 2.45) is 0 Å². The number of rotatable bonds is 3. The molecule has 2 amide bonds. The first kappa shape index (κ1) is 12.1. The normalized spacial score (nSPS) is 10.1. The lowest BCUT2D eigenvalue weighted by Crippen LogP contribution is -2.31. The van der Waals surface area contributed by atoms with Crippen LogP contribution in [0, 0.1) is 5.82 Å². The van der Waals surface area contributed by atoms with Crippen molar-refractivity contribution in [1.82, 2.24) is 14.9 Å². The number of benzene rings is 1. The molecule has 0 fully saturated rings. The first-order valence-corrected chi connectivity index (χ1v) is 5.41. The molecule has 0 saturated carbocycles. The fraction of sp³-hybridized carbons (Fsp3) is 0.167. The van der Waals surface area contributed by atoms with E-state index in [-0.39, 0.29) is 11.8 Å². The topological polar surface area (TPSA) is 61.0 Å². The SMILES string of the molecule is CN(Cc1ncc[nH]1)C(=O)Nc1cccc(F)c1. The summed E-state index contributed by atoms with van der Waals surface area (Å²) in [7, 11) is 1.64. The van der Waals surface area contributed by atoms with Crippen LogP contribution in [-0.4, -0.2) is 27.9 Å². The number of carbonyl (C=O) groups is 1. The summed E-state index contributed by atoms with van der Waals surface area (Å²) >= 11 is 0. The Balaban J connectivity index is 1.95. The van der Waals surface area contributed by atoms with Gasteiger partial charge in [0, 0.05) is 25.1 Å². The van der Waals surface area contributed by atoms with E-state index in [1.807, 2.05) is 0 Å². The van der Waals surface area contributed by atoms with E-state index in [1.54, 1.807) is 25.5 Å². The summed E-state index contributed by atoms with van der Waals surface area (Å²) < 4.78 is 12.9. The zero-order valence-corrected chi connectivity index (χ0v) is 9.85. The first-order chi connectivity index (χ1) is 8.65. The van der Waals surface area contributed by atoms with Crippen LogP contribution in [0.25, 0.3) is 0 Å². The summed E-state index contributed by atoms with van der Waals surface area (Å²) in [6.07, 6.45) is 3.31. The minimum absolute atomic E-state index is 0.322. The number of aromatic nitrogens is 2. The molecule has 94 valence electrons. The van der Waals surface area contributed by atoms with Gasteiger partial charge < -0.3 is 15.2 Å². The second kappa shape index (κ2) is 5.31. The second-order valence-corrected chi connectivity index (χ2v) is 3.83. The molecule has 0 aliphatic heterocycles. The van der Waals surface area contributed by atoms with Crippen molar-refractivity contribution in [3.8, 4) is 0 Å². The molecule has 5 nitrogen and oxygen atoms in total. The average Bonchev–Trinajstić information content (AvgIpc) is 2.81. The van der Waals surface area contributed by atoms with E-state index < -0.39 is 0 Å². The molecule has 1 heterocycles. The molecular formula is C12H13FN4O. The molecule has 2 N–H and O–H groups in total. The van der Waals surface area contributed by atoms with Crippen LogP contribution >= 0.6 is 0 Å². The molecule has 0 aliphatic carbocycles. The van der Waals surface area contributed by atoms with Crippen LogP contribution in [0.2, 0.25) is 0 Å². The Morgan fingerprint density at radius 2 is 2.39 bits per heavy atom. The van der Waals surface area contributed by atoms with Gasteiger partial charge in [-0.1, -0.05) is 6.07 Å². The van der Waals surface area contributed by atoms with Crippen LogP contribution in [0.15, 0.2) is 36.7 Å². The third-order valence-electron chi connectivity index (χ3n) is 2.36. The third-order valence-corrected chi connectivity index (χ3v) is 2.36. The lowest BCUT2D eigenvalue weighted by atomic mass is 10.3. The maximum Gasteiger partial charge on any atom is 0.321 e. The summed E-state index contributed by atoms with van der Waals surface area (Å²) in [5, 5.41) is 2.60. The van der Waals surface area contributed by atoms with Gasteiger partial charge in [-0.05, 0) is 18.2 Å². The van der Waals surface area contributed by atoms with E-state index in [1.165, 1.54) is 23.1 Å². The molecule has 0 bridgehead atoms. The number of hydrogen-bond acceptors (Lipinski definition) is 2. The number of nitrogens with one attached hydrogen (secondary N) is 2. The number of nitrogens with zero attached hydrogens (tertiary/aromatic N) is 2. The van der Waals surface area contributed by atoms with Crippen molar-refractivity contribution in [3.05, 3.63) is 48.3 Å². The van der Waals surface area contributed by atoms with Crippen molar-refractivity contribution >= 4 is 11.7 Å². The highest BCUT2D eigenvalue weighted by atomic mass is 19.1. The Labute approximate surface area is 104 Å². The van der Waals surface area contributed by atoms with E-state index in [9.17, 15) is 9.18 Å². The van der Waals surface area contributed by atoms with E-state index in [0.717, 1.165) is 0 Å². The molecule has 0 aliphatic rings. The van der Waals surface area contributed by atoms with E-state index in [4.69, 9.17) is 0 Å². The van der Waals surface area contributed by atoms with Crippen molar-refractivity contribution in [2.75, 3.05) is 12.4 Å². The minimum atomic E-state index is -0.388. The molecule has 0 saturated heterocycles. The molecule has 2 rings (SSSR count). The van der Waals surface area contributed by atoms with E-state index >= 15 is 0 Å². The molecule has 0 atom stereocenters. The lowest BCUT2D eigenvalue weighted by Gasteiger charge is -2.16. The fourth-order valence-electron chi connectivity index (χ4n) is 1.47. The highest BCUT2D eigenvalue weighted by Gasteiger charge is 2.10. The van der Waals surface area contributed by atoms with Crippen molar-refractivity contribution in [1.29, 1.82) is 0 Å². The molecule has 2 aromatic rings. The van der Waals surface area contributed by atoms with Gasteiger partial charge in [-0.3, -0.25) is 0 Å². The quantitative estimate of drug-likeness (QED) is 0.874.